The summed E-state index contributed by atoms with van der Waals surface area (Å²) in [6, 6.07) is 25.7. The summed E-state index contributed by atoms with van der Waals surface area (Å²) in [5.74, 6) is 2.35. The van der Waals surface area contributed by atoms with Crippen molar-refractivity contribution < 1.29 is 14.3 Å². The molecular formula is C22H20N2O3. The Balaban J connectivity index is 1.74. The zero-order valence-electron chi connectivity index (χ0n) is 15.2. The molecular weight excluding hydrogens is 340 g/mol. The first-order chi connectivity index (χ1) is 13.3. The molecule has 1 atom stereocenters. The molecule has 0 saturated carbocycles. The first-order valence-corrected chi connectivity index (χ1v) is 8.66. The molecule has 0 fully saturated rings. The van der Waals surface area contributed by atoms with E-state index >= 15 is 0 Å². The fourth-order valence-corrected chi connectivity index (χ4v) is 3.06. The Bertz CT molecular complexity index is 922. The maximum absolute atomic E-state index is 5.84. The summed E-state index contributed by atoms with van der Waals surface area (Å²) >= 11 is 0. The predicted molar refractivity (Wildman–Crippen MR) is 105 cm³/mol. The van der Waals surface area contributed by atoms with Crippen molar-refractivity contribution in [1.29, 1.82) is 0 Å². The van der Waals surface area contributed by atoms with Crippen molar-refractivity contribution >= 4 is 11.5 Å². The molecule has 27 heavy (non-hydrogen) atoms. The summed E-state index contributed by atoms with van der Waals surface area (Å²) < 4.78 is 10.5. The maximum atomic E-state index is 5.84. The number of rotatable bonds is 5. The van der Waals surface area contributed by atoms with Crippen LogP contribution in [0.4, 0.5) is 5.69 Å². The van der Waals surface area contributed by atoms with Crippen LogP contribution in [0.3, 0.4) is 0 Å². The Morgan fingerprint density at radius 2 is 1.37 bits per heavy atom. The lowest BCUT2D eigenvalue weighted by atomic mass is 10.1. The Morgan fingerprint density at radius 1 is 0.778 bits per heavy atom. The van der Waals surface area contributed by atoms with Gasteiger partial charge in [0.2, 0.25) is 6.23 Å². The van der Waals surface area contributed by atoms with Gasteiger partial charge in [0.25, 0.3) is 0 Å². The number of nitrogens with zero attached hydrogens (tertiary/aromatic N) is 2. The largest absolute Gasteiger partial charge is 0.497 e. The van der Waals surface area contributed by atoms with Crippen LogP contribution in [0.1, 0.15) is 17.4 Å². The molecule has 1 aliphatic rings. The zero-order valence-corrected chi connectivity index (χ0v) is 15.2. The molecule has 0 aromatic heterocycles. The van der Waals surface area contributed by atoms with Gasteiger partial charge in [-0.05, 0) is 48.5 Å². The van der Waals surface area contributed by atoms with E-state index in [-0.39, 0.29) is 6.23 Å². The number of amidine groups is 1. The third kappa shape index (κ3) is 3.31. The van der Waals surface area contributed by atoms with Crippen molar-refractivity contribution in [3.8, 4) is 11.5 Å². The number of hydrogen-bond acceptors (Lipinski definition) is 5. The molecule has 1 unspecified atom stereocenters. The number of methoxy groups -OCH3 is 2. The van der Waals surface area contributed by atoms with Gasteiger partial charge in [-0.15, -0.1) is 0 Å². The van der Waals surface area contributed by atoms with Gasteiger partial charge in [-0.2, -0.15) is 0 Å². The molecule has 1 aliphatic heterocycles. The monoisotopic (exact) mass is 360 g/mol. The van der Waals surface area contributed by atoms with E-state index in [9.17, 15) is 0 Å². The van der Waals surface area contributed by atoms with Gasteiger partial charge in [0.15, 0.2) is 5.84 Å². The fourth-order valence-electron chi connectivity index (χ4n) is 3.06. The van der Waals surface area contributed by atoms with Gasteiger partial charge < -0.3 is 14.3 Å². The van der Waals surface area contributed by atoms with E-state index in [1.807, 2.05) is 78.9 Å². The van der Waals surface area contributed by atoms with Gasteiger partial charge >= 0.3 is 0 Å². The molecule has 5 heteroatoms. The van der Waals surface area contributed by atoms with Crippen molar-refractivity contribution in [2.45, 2.75) is 6.23 Å². The standard InChI is InChI=1S/C22H20N2O3/c1-25-19-12-8-16(9-13-19)21-23-27-22(17-6-4-3-5-7-17)24(21)18-10-14-20(26-2)15-11-18/h3-15,22H,1-2H3. The number of oxime groups is 1. The van der Waals surface area contributed by atoms with Crippen LogP contribution in [0.5, 0.6) is 11.5 Å². The SMILES string of the molecule is COc1ccc(C2=NOC(c3ccccc3)N2c2ccc(OC)cc2)cc1. The Kier molecular flexibility index (Phi) is 4.66. The highest BCUT2D eigenvalue weighted by molar-refractivity contribution is 6.10. The summed E-state index contributed by atoms with van der Waals surface area (Å²) in [5, 5.41) is 4.39. The molecule has 0 aliphatic carbocycles. The molecule has 0 amide bonds. The molecule has 3 aromatic carbocycles. The van der Waals surface area contributed by atoms with Crippen molar-refractivity contribution in [3.63, 3.8) is 0 Å². The summed E-state index contributed by atoms with van der Waals surface area (Å²) in [5.41, 5.74) is 2.95. The van der Waals surface area contributed by atoms with E-state index in [1.165, 1.54) is 0 Å². The average molecular weight is 360 g/mol. The van der Waals surface area contributed by atoms with Crippen molar-refractivity contribution in [2.75, 3.05) is 19.1 Å². The highest BCUT2D eigenvalue weighted by atomic mass is 16.7. The Labute approximate surface area is 158 Å². The summed E-state index contributed by atoms with van der Waals surface area (Å²) in [4.78, 5) is 7.92. The van der Waals surface area contributed by atoms with E-state index in [1.54, 1.807) is 14.2 Å². The Hall–Kier alpha value is -3.47. The van der Waals surface area contributed by atoms with Crippen LogP contribution in [0.2, 0.25) is 0 Å². The van der Waals surface area contributed by atoms with Crippen LogP contribution in [0, 0.1) is 0 Å². The molecule has 0 bridgehead atoms. The summed E-state index contributed by atoms with van der Waals surface area (Å²) in [6.45, 7) is 0. The van der Waals surface area contributed by atoms with Crippen LogP contribution < -0.4 is 14.4 Å². The van der Waals surface area contributed by atoms with Crippen LogP contribution in [0.25, 0.3) is 0 Å². The smallest absolute Gasteiger partial charge is 0.231 e. The third-order valence-electron chi connectivity index (χ3n) is 4.49. The first-order valence-electron chi connectivity index (χ1n) is 8.66. The van der Waals surface area contributed by atoms with Gasteiger partial charge in [0.1, 0.15) is 11.5 Å². The highest BCUT2D eigenvalue weighted by Crippen LogP contribution is 2.35. The second-order valence-corrected chi connectivity index (χ2v) is 6.08. The minimum atomic E-state index is -0.336. The molecule has 0 radical (unpaired) electrons. The first kappa shape index (κ1) is 17.0. The topological polar surface area (TPSA) is 43.3 Å². The lowest BCUT2D eigenvalue weighted by Crippen LogP contribution is -2.31. The van der Waals surface area contributed by atoms with Gasteiger partial charge in [0, 0.05) is 16.8 Å². The average Bonchev–Trinajstić information content (AvgIpc) is 3.19. The Morgan fingerprint density at radius 3 is 1.96 bits per heavy atom. The van der Waals surface area contributed by atoms with E-state index in [2.05, 4.69) is 10.1 Å². The predicted octanol–water partition coefficient (Wildman–Crippen LogP) is 4.60. The van der Waals surface area contributed by atoms with Gasteiger partial charge in [-0.1, -0.05) is 35.5 Å². The van der Waals surface area contributed by atoms with E-state index in [0.29, 0.717) is 0 Å². The number of hydrogen-bond donors (Lipinski definition) is 0. The van der Waals surface area contributed by atoms with E-state index in [4.69, 9.17) is 14.3 Å². The van der Waals surface area contributed by atoms with Crippen LogP contribution >= 0.6 is 0 Å². The van der Waals surface area contributed by atoms with Crippen LogP contribution in [0.15, 0.2) is 84.0 Å². The van der Waals surface area contributed by atoms with Crippen LogP contribution in [-0.4, -0.2) is 20.1 Å². The molecule has 136 valence electrons. The summed E-state index contributed by atoms with van der Waals surface area (Å²) in [7, 11) is 3.31. The van der Waals surface area contributed by atoms with Crippen molar-refractivity contribution in [3.05, 3.63) is 90.0 Å². The van der Waals surface area contributed by atoms with Gasteiger partial charge in [-0.25, -0.2) is 0 Å². The second kappa shape index (κ2) is 7.41. The lowest BCUT2D eigenvalue weighted by molar-refractivity contribution is 0.0868. The quantitative estimate of drug-likeness (QED) is 0.667. The molecule has 5 nitrogen and oxygen atoms in total. The minimum Gasteiger partial charge on any atom is -0.497 e. The van der Waals surface area contributed by atoms with Crippen molar-refractivity contribution in [1.82, 2.24) is 0 Å². The molecule has 1 heterocycles. The number of ether oxygens (including phenoxy) is 2. The fraction of sp³-hybridized carbons (Fsp3) is 0.136. The van der Waals surface area contributed by atoms with E-state index < -0.39 is 0 Å². The molecule has 0 N–H and O–H groups in total. The number of anilines is 1. The van der Waals surface area contributed by atoms with Crippen LogP contribution in [-0.2, 0) is 4.84 Å². The van der Waals surface area contributed by atoms with E-state index in [0.717, 1.165) is 34.1 Å². The molecule has 0 spiro atoms. The zero-order chi connectivity index (χ0) is 18.6. The minimum absolute atomic E-state index is 0.336. The molecule has 3 aromatic rings. The lowest BCUT2D eigenvalue weighted by Gasteiger charge is -2.26. The van der Waals surface area contributed by atoms with Gasteiger partial charge in [0.05, 0.1) is 14.2 Å². The molecule has 4 rings (SSSR count). The second-order valence-electron chi connectivity index (χ2n) is 6.08. The van der Waals surface area contributed by atoms with Gasteiger partial charge in [-0.3, -0.25) is 4.90 Å². The molecule has 0 saturated heterocycles. The van der Waals surface area contributed by atoms with Crippen molar-refractivity contribution in [2.24, 2.45) is 5.16 Å². The maximum Gasteiger partial charge on any atom is 0.231 e. The highest BCUT2D eigenvalue weighted by Gasteiger charge is 2.33. The number of benzene rings is 3. The normalized spacial score (nSPS) is 15.9. The third-order valence-corrected chi connectivity index (χ3v) is 4.49. The summed E-state index contributed by atoms with van der Waals surface area (Å²) in [6.07, 6.45) is -0.336.